The number of ether oxygens (including phenoxy) is 1. The summed E-state index contributed by atoms with van der Waals surface area (Å²) >= 11 is 0. The summed E-state index contributed by atoms with van der Waals surface area (Å²) in [6.07, 6.45) is 5.16. The number of esters is 1. The quantitative estimate of drug-likeness (QED) is 0.475. The Morgan fingerprint density at radius 2 is 1.65 bits per heavy atom. The number of carboxylic acid groups (broad SMARTS) is 1. The van der Waals surface area contributed by atoms with Crippen LogP contribution in [-0.2, 0) is 14.3 Å². The van der Waals surface area contributed by atoms with Crippen molar-refractivity contribution in [3.05, 3.63) is 59.7 Å². The van der Waals surface area contributed by atoms with Crippen molar-refractivity contribution in [1.29, 1.82) is 0 Å². The molecule has 1 unspecified atom stereocenters. The Bertz CT molecular complexity index is 838. The first kappa shape index (κ1) is 17.7. The van der Waals surface area contributed by atoms with E-state index in [1.165, 1.54) is 0 Å². The van der Waals surface area contributed by atoms with Crippen LogP contribution >= 0.6 is 0 Å². The standard InChI is InChI=1S/C21H19NO4/c1-2-7-18(22)19(20(23)24)21(25)26-12-17-15-10-5-3-8-13(15)14-9-4-6-11-16(14)17/h1,3-6,8-11,17-19H,7,12,22H2,(H,23,24)/t18?,19-/m1/s1. The van der Waals surface area contributed by atoms with E-state index in [-0.39, 0.29) is 18.9 Å². The maximum Gasteiger partial charge on any atom is 0.322 e. The summed E-state index contributed by atoms with van der Waals surface area (Å²) < 4.78 is 5.36. The van der Waals surface area contributed by atoms with Gasteiger partial charge in [0.1, 0.15) is 6.61 Å². The average molecular weight is 349 g/mol. The third-order valence-corrected chi connectivity index (χ3v) is 4.66. The number of carbonyl (C=O) groups is 2. The number of carbonyl (C=O) groups excluding carboxylic acids is 1. The van der Waals surface area contributed by atoms with E-state index >= 15 is 0 Å². The van der Waals surface area contributed by atoms with Crippen molar-refractivity contribution in [2.45, 2.75) is 18.4 Å². The molecule has 3 N–H and O–H groups in total. The van der Waals surface area contributed by atoms with Crippen LogP contribution in [0.15, 0.2) is 48.5 Å². The Kier molecular flexibility index (Phi) is 5.06. The molecule has 2 atom stereocenters. The van der Waals surface area contributed by atoms with Gasteiger partial charge in [0.2, 0.25) is 0 Å². The van der Waals surface area contributed by atoms with Crippen LogP contribution in [0.2, 0.25) is 0 Å². The lowest BCUT2D eigenvalue weighted by Gasteiger charge is -2.19. The van der Waals surface area contributed by atoms with Gasteiger partial charge in [-0.1, -0.05) is 48.5 Å². The first-order valence-corrected chi connectivity index (χ1v) is 8.31. The first-order chi connectivity index (χ1) is 12.5. The highest BCUT2D eigenvalue weighted by atomic mass is 16.5. The molecule has 0 aliphatic heterocycles. The van der Waals surface area contributed by atoms with Crippen LogP contribution in [0.4, 0.5) is 0 Å². The summed E-state index contributed by atoms with van der Waals surface area (Å²) in [5.41, 5.74) is 10.1. The number of hydrogen-bond acceptors (Lipinski definition) is 4. The van der Waals surface area contributed by atoms with Gasteiger partial charge >= 0.3 is 11.9 Å². The number of terminal acetylenes is 1. The third-order valence-electron chi connectivity index (χ3n) is 4.66. The van der Waals surface area contributed by atoms with E-state index in [4.69, 9.17) is 16.9 Å². The molecule has 0 heterocycles. The number of nitrogens with two attached hydrogens (primary N) is 1. The van der Waals surface area contributed by atoms with E-state index in [0.29, 0.717) is 0 Å². The molecule has 0 saturated heterocycles. The van der Waals surface area contributed by atoms with Gasteiger partial charge in [0.05, 0.1) is 0 Å². The Labute approximate surface area is 151 Å². The topological polar surface area (TPSA) is 89.6 Å². The summed E-state index contributed by atoms with van der Waals surface area (Å²) in [6, 6.07) is 14.8. The van der Waals surface area contributed by atoms with Gasteiger partial charge in [-0.15, -0.1) is 12.3 Å². The number of fused-ring (bicyclic) bond motifs is 3. The molecular weight excluding hydrogens is 330 g/mol. The Hall–Kier alpha value is -3.10. The zero-order valence-corrected chi connectivity index (χ0v) is 14.1. The molecule has 5 heteroatoms. The fourth-order valence-electron chi connectivity index (χ4n) is 3.41. The second-order valence-corrected chi connectivity index (χ2v) is 6.25. The van der Waals surface area contributed by atoms with E-state index in [9.17, 15) is 14.7 Å². The number of aliphatic carboxylic acids is 1. The molecule has 0 fully saturated rings. The zero-order chi connectivity index (χ0) is 18.7. The van der Waals surface area contributed by atoms with Crippen LogP contribution in [0, 0.1) is 18.3 Å². The number of benzene rings is 2. The van der Waals surface area contributed by atoms with Crippen LogP contribution < -0.4 is 5.73 Å². The van der Waals surface area contributed by atoms with Crippen molar-refractivity contribution in [3.63, 3.8) is 0 Å². The van der Waals surface area contributed by atoms with Gasteiger partial charge in [-0.3, -0.25) is 9.59 Å². The maximum atomic E-state index is 12.3. The number of carboxylic acids is 1. The fraction of sp³-hybridized carbons (Fsp3) is 0.238. The van der Waals surface area contributed by atoms with Crippen LogP contribution in [0.1, 0.15) is 23.5 Å². The molecule has 0 aromatic heterocycles. The minimum atomic E-state index is -1.47. The van der Waals surface area contributed by atoms with Crippen LogP contribution in [0.3, 0.4) is 0 Å². The second-order valence-electron chi connectivity index (χ2n) is 6.25. The molecule has 0 bridgehead atoms. The molecule has 2 aromatic carbocycles. The van der Waals surface area contributed by atoms with E-state index in [1.54, 1.807) is 0 Å². The highest BCUT2D eigenvalue weighted by molar-refractivity contribution is 5.95. The van der Waals surface area contributed by atoms with Crippen molar-refractivity contribution in [1.82, 2.24) is 0 Å². The van der Waals surface area contributed by atoms with Gasteiger partial charge in [0, 0.05) is 18.4 Å². The lowest BCUT2D eigenvalue weighted by atomic mass is 9.97. The molecule has 0 radical (unpaired) electrons. The largest absolute Gasteiger partial charge is 0.481 e. The summed E-state index contributed by atoms with van der Waals surface area (Å²) in [5.74, 6) is -1.51. The molecule has 2 aromatic rings. The fourth-order valence-corrected chi connectivity index (χ4v) is 3.41. The van der Waals surface area contributed by atoms with Crippen molar-refractivity contribution in [2.24, 2.45) is 11.7 Å². The molecule has 132 valence electrons. The summed E-state index contributed by atoms with van der Waals surface area (Å²) in [4.78, 5) is 23.7. The van der Waals surface area contributed by atoms with Crippen molar-refractivity contribution in [3.8, 4) is 23.5 Å². The average Bonchev–Trinajstić information content (AvgIpc) is 2.94. The van der Waals surface area contributed by atoms with E-state index < -0.39 is 23.9 Å². The normalized spacial score (nSPS) is 14.6. The van der Waals surface area contributed by atoms with Gasteiger partial charge in [-0.2, -0.15) is 0 Å². The summed E-state index contributed by atoms with van der Waals surface area (Å²) in [6.45, 7) is 0.0550. The molecule has 0 spiro atoms. The molecule has 3 rings (SSSR count). The zero-order valence-electron chi connectivity index (χ0n) is 14.1. The predicted octanol–water partition coefficient (Wildman–Crippen LogP) is 2.39. The van der Waals surface area contributed by atoms with Crippen molar-refractivity contribution < 1.29 is 19.4 Å². The Morgan fingerprint density at radius 3 is 2.15 bits per heavy atom. The smallest absolute Gasteiger partial charge is 0.322 e. The number of rotatable bonds is 6. The molecule has 0 amide bonds. The lowest BCUT2D eigenvalue weighted by Crippen LogP contribution is -2.42. The Balaban J connectivity index is 1.80. The van der Waals surface area contributed by atoms with Crippen LogP contribution in [0.5, 0.6) is 0 Å². The molecule has 1 aliphatic rings. The minimum absolute atomic E-state index is 0.0127. The molecular formula is C21H19NO4. The van der Waals surface area contributed by atoms with Gasteiger partial charge in [0.15, 0.2) is 5.92 Å². The van der Waals surface area contributed by atoms with Gasteiger partial charge < -0.3 is 15.6 Å². The molecule has 26 heavy (non-hydrogen) atoms. The van der Waals surface area contributed by atoms with Crippen molar-refractivity contribution >= 4 is 11.9 Å². The second kappa shape index (κ2) is 7.42. The van der Waals surface area contributed by atoms with Crippen molar-refractivity contribution in [2.75, 3.05) is 6.61 Å². The van der Waals surface area contributed by atoms with Gasteiger partial charge in [-0.25, -0.2) is 0 Å². The summed E-state index contributed by atoms with van der Waals surface area (Å²) in [5, 5.41) is 9.30. The van der Waals surface area contributed by atoms with Gasteiger partial charge in [-0.05, 0) is 22.3 Å². The Morgan fingerprint density at radius 1 is 1.12 bits per heavy atom. The van der Waals surface area contributed by atoms with Gasteiger partial charge in [0.25, 0.3) is 0 Å². The summed E-state index contributed by atoms with van der Waals surface area (Å²) in [7, 11) is 0. The number of hydrogen-bond donors (Lipinski definition) is 2. The monoisotopic (exact) mass is 349 g/mol. The SMILES string of the molecule is C#CCC(N)[C@H](C(=O)O)C(=O)OCC1c2ccccc2-c2ccccc21. The lowest BCUT2D eigenvalue weighted by molar-refractivity contribution is -0.159. The van der Waals surface area contributed by atoms with E-state index in [1.807, 2.05) is 48.5 Å². The predicted molar refractivity (Wildman–Crippen MR) is 97.2 cm³/mol. The first-order valence-electron chi connectivity index (χ1n) is 8.31. The van der Waals surface area contributed by atoms with E-state index in [2.05, 4.69) is 5.92 Å². The molecule has 0 saturated carbocycles. The van der Waals surface area contributed by atoms with E-state index in [0.717, 1.165) is 22.3 Å². The highest BCUT2D eigenvalue weighted by Crippen LogP contribution is 2.44. The third kappa shape index (κ3) is 3.19. The minimum Gasteiger partial charge on any atom is -0.481 e. The molecule has 1 aliphatic carbocycles. The van der Waals surface area contributed by atoms with Crippen LogP contribution in [-0.4, -0.2) is 29.7 Å². The molecule has 5 nitrogen and oxygen atoms in total. The maximum absolute atomic E-state index is 12.3. The highest BCUT2D eigenvalue weighted by Gasteiger charge is 2.35. The van der Waals surface area contributed by atoms with Crippen LogP contribution in [0.25, 0.3) is 11.1 Å².